The summed E-state index contributed by atoms with van der Waals surface area (Å²) in [5.74, 6) is -0.360. The Bertz CT molecular complexity index is 476. The summed E-state index contributed by atoms with van der Waals surface area (Å²) >= 11 is 0. The van der Waals surface area contributed by atoms with Crippen LogP contribution in [-0.2, 0) is 19.0 Å². The van der Waals surface area contributed by atoms with Crippen molar-refractivity contribution in [2.45, 2.75) is 43.5 Å². The molecule has 7 atom stereocenters. The Labute approximate surface area is 133 Å². The number of carbonyl (C=O) groups is 1. The van der Waals surface area contributed by atoms with E-state index in [-0.39, 0.29) is 24.4 Å². The molecule has 2 saturated heterocycles. The number of cyclic esters (lactones) is 1. The third kappa shape index (κ3) is 3.15. The largest absolute Gasteiger partial charge is 0.465 e. The highest BCUT2D eigenvalue weighted by molar-refractivity contribution is 5.77. The number of allylic oxidation sites excluding steroid dienone is 1. The number of rotatable bonds is 4. The summed E-state index contributed by atoms with van der Waals surface area (Å²) in [4.78, 5) is 11.9. The van der Waals surface area contributed by atoms with Crippen LogP contribution in [0.2, 0.25) is 0 Å². The third-order valence-corrected chi connectivity index (χ3v) is 4.80. The molecular weight excluding hydrogens is 308 g/mol. The minimum atomic E-state index is -1.48. The molecule has 0 bridgehead atoms. The zero-order valence-electron chi connectivity index (χ0n) is 12.6. The molecule has 3 rings (SSSR count). The first-order chi connectivity index (χ1) is 11.0. The maximum absolute atomic E-state index is 11.9. The zero-order chi connectivity index (χ0) is 16.6. The minimum Gasteiger partial charge on any atom is -0.465 e. The zero-order valence-corrected chi connectivity index (χ0v) is 12.6. The molecule has 3 aliphatic rings. The lowest BCUT2D eigenvalue weighted by atomic mass is 9.87. The standard InChI is InChI=1S/C15H22O8/c16-5-9-11(17)12(18)13(19)15(23-9)22-6-8-2-1-7-3-4-21-14(20)10(7)8/h2,7,9-13,15-19H,1,3-6H2. The molecule has 0 saturated carbocycles. The summed E-state index contributed by atoms with van der Waals surface area (Å²) in [6.07, 6.45) is -3.00. The quantitative estimate of drug-likeness (QED) is 0.355. The van der Waals surface area contributed by atoms with Crippen molar-refractivity contribution in [3.8, 4) is 0 Å². The van der Waals surface area contributed by atoms with Crippen LogP contribution in [0.15, 0.2) is 11.6 Å². The fraction of sp³-hybridized carbons (Fsp3) is 0.800. The van der Waals surface area contributed by atoms with E-state index in [0.29, 0.717) is 6.61 Å². The lowest BCUT2D eigenvalue weighted by molar-refractivity contribution is -0.299. The van der Waals surface area contributed by atoms with Gasteiger partial charge in [0.05, 0.1) is 25.7 Å². The molecule has 7 unspecified atom stereocenters. The molecule has 2 heterocycles. The fourth-order valence-electron chi connectivity index (χ4n) is 3.43. The summed E-state index contributed by atoms with van der Waals surface area (Å²) in [6.45, 7) is -0.0157. The average Bonchev–Trinajstić information content (AvgIpc) is 2.97. The first-order valence-electron chi connectivity index (χ1n) is 7.80. The highest BCUT2D eigenvalue weighted by atomic mass is 16.7. The number of aliphatic hydroxyl groups excluding tert-OH is 4. The molecule has 0 radical (unpaired) electrons. The van der Waals surface area contributed by atoms with Crippen molar-refractivity contribution in [2.75, 3.05) is 19.8 Å². The van der Waals surface area contributed by atoms with Gasteiger partial charge >= 0.3 is 5.97 Å². The topological polar surface area (TPSA) is 126 Å². The van der Waals surface area contributed by atoms with Gasteiger partial charge in [0.2, 0.25) is 0 Å². The van der Waals surface area contributed by atoms with Crippen LogP contribution in [0, 0.1) is 11.8 Å². The Kier molecular flexibility index (Phi) is 5.00. The van der Waals surface area contributed by atoms with Crippen LogP contribution in [0.3, 0.4) is 0 Å². The van der Waals surface area contributed by atoms with E-state index in [0.717, 1.165) is 18.4 Å². The molecule has 2 aliphatic heterocycles. The van der Waals surface area contributed by atoms with Gasteiger partial charge in [-0.25, -0.2) is 0 Å². The van der Waals surface area contributed by atoms with Crippen LogP contribution in [0.5, 0.6) is 0 Å². The Hall–Kier alpha value is -1.03. The molecule has 0 aromatic heterocycles. The van der Waals surface area contributed by atoms with E-state index >= 15 is 0 Å². The van der Waals surface area contributed by atoms with E-state index in [1.807, 2.05) is 6.08 Å². The van der Waals surface area contributed by atoms with Crippen LogP contribution in [0.25, 0.3) is 0 Å². The van der Waals surface area contributed by atoms with Gasteiger partial charge in [0, 0.05) is 0 Å². The molecule has 23 heavy (non-hydrogen) atoms. The second-order valence-electron chi connectivity index (χ2n) is 6.22. The monoisotopic (exact) mass is 330 g/mol. The van der Waals surface area contributed by atoms with Gasteiger partial charge in [0.1, 0.15) is 24.4 Å². The number of hydrogen-bond donors (Lipinski definition) is 4. The smallest absolute Gasteiger partial charge is 0.313 e. The molecule has 4 N–H and O–H groups in total. The molecular formula is C15H22O8. The van der Waals surface area contributed by atoms with Gasteiger partial charge in [-0.15, -0.1) is 0 Å². The van der Waals surface area contributed by atoms with E-state index < -0.39 is 37.3 Å². The van der Waals surface area contributed by atoms with Crippen LogP contribution >= 0.6 is 0 Å². The fourth-order valence-corrected chi connectivity index (χ4v) is 3.43. The van der Waals surface area contributed by atoms with Gasteiger partial charge in [-0.3, -0.25) is 4.79 Å². The van der Waals surface area contributed by atoms with Crippen molar-refractivity contribution < 1.29 is 39.4 Å². The number of ether oxygens (including phenoxy) is 3. The maximum Gasteiger partial charge on any atom is 0.313 e. The summed E-state index contributed by atoms with van der Waals surface area (Å²) < 4.78 is 15.9. The first kappa shape index (κ1) is 16.8. The number of aliphatic hydroxyl groups is 4. The third-order valence-electron chi connectivity index (χ3n) is 4.80. The van der Waals surface area contributed by atoms with Gasteiger partial charge in [-0.1, -0.05) is 6.08 Å². The number of carbonyl (C=O) groups excluding carboxylic acids is 1. The van der Waals surface area contributed by atoms with E-state index in [1.54, 1.807) is 0 Å². The Balaban J connectivity index is 1.60. The van der Waals surface area contributed by atoms with Gasteiger partial charge in [0.15, 0.2) is 6.29 Å². The molecule has 8 heteroatoms. The summed E-state index contributed by atoms with van der Waals surface area (Å²) in [5.41, 5.74) is 0.775. The molecule has 0 aromatic carbocycles. The van der Waals surface area contributed by atoms with Crippen LogP contribution in [-0.4, -0.2) is 76.9 Å². The number of esters is 1. The molecule has 8 nitrogen and oxygen atoms in total. The van der Waals surface area contributed by atoms with Gasteiger partial charge in [-0.2, -0.15) is 0 Å². The van der Waals surface area contributed by atoms with Crippen molar-refractivity contribution in [3.63, 3.8) is 0 Å². The van der Waals surface area contributed by atoms with Gasteiger partial charge in [-0.05, 0) is 24.3 Å². The molecule has 130 valence electrons. The molecule has 0 amide bonds. The van der Waals surface area contributed by atoms with E-state index in [4.69, 9.17) is 19.3 Å². The lowest BCUT2D eigenvalue weighted by Crippen LogP contribution is -2.59. The van der Waals surface area contributed by atoms with Crippen molar-refractivity contribution in [1.29, 1.82) is 0 Å². The van der Waals surface area contributed by atoms with Crippen molar-refractivity contribution in [3.05, 3.63) is 11.6 Å². The first-order valence-corrected chi connectivity index (χ1v) is 7.80. The van der Waals surface area contributed by atoms with Crippen LogP contribution in [0.4, 0.5) is 0 Å². The minimum absolute atomic E-state index is 0.0545. The normalized spacial score (nSPS) is 43.7. The van der Waals surface area contributed by atoms with Crippen molar-refractivity contribution in [2.24, 2.45) is 11.8 Å². The lowest BCUT2D eigenvalue weighted by Gasteiger charge is -2.39. The Morgan fingerprint density at radius 3 is 2.74 bits per heavy atom. The second-order valence-corrected chi connectivity index (χ2v) is 6.22. The van der Waals surface area contributed by atoms with E-state index in [1.165, 1.54) is 0 Å². The molecule has 1 aliphatic carbocycles. The Morgan fingerprint density at radius 1 is 1.22 bits per heavy atom. The van der Waals surface area contributed by atoms with Crippen molar-refractivity contribution in [1.82, 2.24) is 0 Å². The van der Waals surface area contributed by atoms with E-state index in [9.17, 15) is 20.1 Å². The van der Waals surface area contributed by atoms with E-state index in [2.05, 4.69) is 0 Å². The number of hydrogen-bond acceptors (Lipinski definition) is 8. The predicted octanol–water partition coefficient (Wildman–Crippen LogP) is -1.69. The summed E-state index contributed by atoms with van der Waals surface area (Å²) in [6, 6.07) is 0. The second kappa shape index (κ2) is 6.84. The predicted molar refractivity (Wildman–Crippen MR) is 75.0 cm³/mol. The van der Waals surface area contributed by atoms with Crippen LogP contribution < -0.4 is 0 Å². The average molecular weight is 330 g/mol. The highest BCUT2D eigenvalue weighted by Crippen LogP contribution is 2.38. The highest BCUT2D eigenvalue weighted by Gasteiger charge is 2.45. The molecule has 0 spiro atoms. The molecule has 2 fully saturated rings. The van der Waals surface area contributed by atoms with Gasteiger partial charge in [0.25, 0.3) is 0 Å². The Morgan fingerprint density at radius 2 is 2.00 bits per heavy atom. The SMILES string of the molecule is O=C1OCCC2CC=C(COC3OC(CO)C(O)C(O)C3O)C12. The molecule has 0 aromatic rings. The number of fused-ring (bicyclic) bond motifs is 1. The maximum atomic E-state index is 11.9. The van der Waals surface area contributed by atoms with Gasteiger partial charge < -0.3 is 34.6 Å². The van der Waals surface area contributed by atoms with Crippen LogP contribution in [0.1, 0.15) is 12.8 Å². The van der Waals surface area contributed by atoms with Crippen molar-refractivity contribution >= 4 is 5.97 Å². The summed E-state index contributed by atoms with van der Waals surface area (Å²) in [5, 5.41) is 38.5. The summed E-state index contributed by atoms with van der Waals surface area (Å²) in [7, 11) is 0.